The number of nitrogens with one attached hydrogen (secondary N) is 1. The smallest absolute Gasteiger partial charge is 0.217 e. The zero-order chi connectivity index (χ0) is 22.3. The molecule has 2 heterocycles. The van der Waals surface area contributed by atoms with E-state index in [4.69, 9.17) is 28.9 Å². The molecule has 3 unspecified atom stereocenters. The summed E-state index contributed by atoms with van der Waals surface area (Å²) in [4.78, 5) is 12.0. The first-order valence-corrected chi connectivity index (χ1v) is 10.5. The summed E-state index contributed by atoms with van der Waals surface area (Å²) >= 11 is 0. The Labute approximate surface area is 187 Å². The molecule has 2 saturated heterocycles. The van der Waals surface area contributed by atoms with Crippen LogP contribution in [0.4, 0.5) is 0 Å². The van der Waals surface area contributed by atoms with Gasteiger partial charge in [-0.05, 0) is 5.56 Å². The highest BCUT2D eigenvalue weighted by atomic mass is 16.7. The van der Waals surface area contributed by atoms with Gasteiger partial charge in [0, 0.05) is 12.5 Å². The van der Waals surface area contributed by atoms with Gasteiger partial charge in [-0.25, -0.2) is 0 Å². The molecule has 0 bridgehead atoms. The van der Waals surface area contributed by atoms with Gasteiger partial charge in [0.15, 0.2) is 12.6 Å². The number of amides is 1. The van der Waals surface area contributed by atoms with Gasteiger partial charge in [0.1, 0.15) is 31.0 Å². The Hall–Kier alpha value is -2.80. The number of hydrogen-bond acceptors (Lipinski definition) is 7. The Morgan fingerprint density at radius 1 is 1.09 bits per heavy atom. The summed E-state index contributed by atoms with van der Waals surface area (Å²) in [6.07, 6.45) is -3.10. The summed E-state index contributed by atoms with van der Waals surface area (Å²) in [7, 11) is 0. The van der Waals surface area contributed by atoms with Gasteiger partial charge >= 0.3 is 0 Å². The zero-order valence-corrected chi connectivity index (χ0v) is 17.8. The number of carbonyl (C=O) groups is 1. The quantitative estimate of drug-likeness (QED) is 0.709. The maximum absolute atomic E-state index is 12.0. The van der Waals surface area contributed by atoms with E-state index >= 15 is 0 Å². The summed E-state index contributed by atoms with van der Waals surface area (Å²) in [5.41, 5.74) is 1.83. The first kappa shape index (κ1) is 22.4. The van der Waals surface area contributed by atoms with Crippen molar-refractivity contribution in [2.24, 2.45) is 0 Å². The predicted octanol–water partition coefficient (Wildman–Crippen LogP) is 2.46. The van der Waals surface area contributed by atoms with Crippen LogP contribution in [0.2, 0.25) is 0 Å². The van der Waals surface area contributed by atoms with Crippen LogP contribution in [0.15, 0.2) is 60.7 Å². The van der Waals surface area contributed by atoms with Crippen molar-refractivity contribution in [2.75, 3.05) is 13.2 Å². The molecule has 2 aliphatic rings. The minimum absolute atomic E-state index is 0.157. The number of fused-ring (bicyclic) bond motifs is 1. The van der Waals surface area contributed by atoms with Crippen molar-refractivity contribution in [3.8, 4) is 6.07 Å². The third-order valence-corrected chi connectivity index (χ3v) is 5.38. The third kappa shape index (κ3) is 5.33. The van der Waals surface area contributed by atoms with E-state index in [-0.39, 0.29) is 25.7 Å². The van der Waals surface area contributed by atoms with E-state index in [1.165, 1.54) is 6.92 Å². The maximum atomic E-state index is 12.0. The van der Waals surface area contributed by atoms with Crippen LogP contribution < -0.4 is 5.32 Å². The molecule has 1 N–H and O–H groups in total. The van der Waals surface area contributed by atoms with Crippen LogP contribution in [0.5, 0.6) is 0 Å². The summed E-state index contributed by atoms with van der Waals surface area (Å²) in [5.74, 6) is -0.261. The molecule has 6 atom stereocenters. The fourth-order valence-corrected chi connectivity index (χ4v) is 3.97. The normalized spacial score (nSPS) is 29.5. The average molecular weight is 438 g/mol. The van der Waals surface area contributed by atoms with Gasteiger partial charge in [-0.3, -0.25) is 4.79 Å². The molecule has 1 amide bonds. The molecule has 2 aromatic carbocycles. The molecule has 2 fully saturated rings. The number of nitriles is 1. The van der Waals surface area contributed by atoms with Crippen LogP contribution >= 0.6 is 0 Å². The van der Waals surface area contributed by atoms with E-state index in [1.807, 2.05) is 66.7 Å². The van der Waals surface area contributed by atoms with Gasteiger partial charge in [-0.2, -0.15) is 5.26 Å². The van der Waals surface area contributed by atoms with E-state index in [2.05, 4.69) is 5.32 Å². The Kier molecular flexibility index (Phi) is 7.47. The molecule has 4 rings (SSSR count). The second-order valence-corrected chi connectivity index (χ2v) is 7.68. The molecule has 8 nitrogen and oxygen atoms in total. The second-order valence-electron chi connectivity index (χ2n) is 7.68. The molecule has 8 heteroatoms. The summed E-state index contributed by atoms with van der Waals surface area (Å²) < 4.78 is 30.2. The highest BCUT2D eigenvalue weighted by Crippen LogP contribution is 2.35. The number of ether oxygens (including phenoxy) is 5. The number of benzene rings is 2. The van der Waals surface area contributed by atoms with Crippen LogP contribution in [-0.2, 0) is 35.1 Å². The van der Waals surface area contributed by atoms with Crippen molar-refractivity contribution in [1.29, 1.82) is 5.26 Å². The van der Waals surface area contributed by atoms with E-state index in [0.29, 0.717) is 0 Å². The summed E-state index contributed by atoms with van der Waals surface area (Å²) in [6, 6.07) is 20.5. The van der Waals surface area contributed by atoms with E-state index in [9.17, 15) is 4.79 Å². The number of rotatable bonds is 7. The van der Waals surface area contributed by atoms with Crippen LogP contribution in [0.3, 0.4) is 0 Å². The Morgan fingerprint density at radius 3 is 2.50 bits per heavy atom. The molecular weight excluding hydrogens is 412 g/mol. The topological polar surface area (TPSA) is 99.0 Å². The lowest BCUT2D eigenvalue weighted by Gasteiger charge is -2.49. The first-order chi connectivity index (χ1) is 15.7. The molecule has 32 heavy (non-hydrogen) atoms. The van der Waals surface area contributed by atoms with Gasteiger partial charge in [-0.15, -0.1) is 0 Å². The zero-order valence-electron chi connectivity index (χ0n) is 17.8. The monoisotopic (exact) mass is 438 g/mol. The molecule has 0 saturated carbocycles. The van der Waals surface area contributed by atoms with Gasteiger partial charge in [0.05, 0.1) is 19.3 Å². The minimum Gasteiger partial charge on any atom is -0.358 e. The molecule has 0 aromatic heterocycles. The molecule has 168 valence electrons. The largest absolute Gasteiger partial charge is 0.358 e. The highest BCUT2D eigenvalue weighted by molar-refractivity contribution is 5.73. The molecule has 0 radical (unpaired) electrons. The molecule has 2 aliphatic heterocycles. The fourth-order valence-electron chi connectivity index (χ4n) is 3.97. The Bertz CT molecular complexity index is 919. The van der Waals surface area contributed by atoms with Crippen molar-refractivity contribution in [3.05, 3.63) is 71.8 Å². The highest BCUT2D eigenvalue weighted by Gasteiger charge is 2.51. The van der Waals surface area contributed by atoms with Gasteiger partial charge in [0.25, 0.3) is 0 Å². The number of hydrogen-bond donors (Lipinski definition) is 1. The van der Waals surface area contributed by atoms with Crippen LogP contribution in [0.1, 0.15) is 24.3 Å². The Balaban J connectivity index is 1.55. The van der Waals surface area contributed by atoms with E-state index in [0.717, 1.165) is 11.1 Å². The van der Waals surface area contributed by atoms with Crippen LogP contribution in [-0.4, -0.2) is 49.8 Å². The van der Waals surface area contributed by atoms with Crippen molar-refractivity contribution >= 4 is 5.91 Å². The second kappa shape index (κ2) is 10.7. The lowest BCUT2D eigenvalue weighted by Crippen LogP contribution is -2.67. The van der Waals surface area contributed by atoms with Gasteiger partial charge < -0.3 is 29.0 Å². The van der Waals surface area contributed by atoms with Gasteiger partial charge in [0.2, 0.25) is 5.91 Å². The van der Waals surface area contributed by atoms with Crippen molar-refractivity contribution in [3.63, 3.8) is 0 Å². The lowest BCUT2D eigenvalue weighted by atomic mass is 9.95. The third-order valence-electron chi connectivity index (χ3n) is 5.38. The minimum atomic E-state index is -0.801. The summed E-state index contributed by atoms with van der Waals surface area (Å²) in [6.45, 7) is 1.81. The lowest BCUT2D eigenvalue weighted by molar-refractivity contribution is -0.348. The van der Waals surface area contributed by atoms with Gasteiger partial charge in [-0.1, -0.05) is 60.7 Å². The number of carbonyl (C=O) groups excluding carboxylic acids is 1. The molecule has 0 aliphatic carbocycles. The van der Waals surface area contributed by atoms with E-state index in [1.54, 1.807) is 0 Å². The average Bonchev–Trinajstić information content (AvgIpc) is 2.82. The SMILES string of the molecule is CC(=O)N[C@@H]1C(OCC#N)[C@H]2OC(c3ccccc3)OCC2O[C@@H]1OCc1ccccc1. The standard InChI is InChI=1S/C24H26N2O6/c1-16(27)26-20-22(28-13-12-25)21-19(15-30-23(32-21)18-10-6-3-7-11-18)31-24(20)29-14-17-8-4-2-5-9-17/h2-11,19-24H,13-15H2,1H3,(H,26,27)/t19?,20-,21+,22?,23?,24+/m1/s1. The molecule has 2 aromatic rings. The van der Waals surface area contributed by atoms with E-state index < -0.39 is 36.9 Å². The maximum Gasteiger partial charge on any atom is 0.217 e. The van der Waals surface area contributed by atoms with Crippen LogP contribution in [0, 0.1) is 11.3 Å². The van der Waals surface area contributed by atoms with Crippen LogP contribution in [0.25, 0.3) is 0 Å². The molecular formula is C24H26N2O6. The molecule has 0 spiro atoms. The van der Waals surface area contributed by atoms with Crippen molar-refractivity contribution < 1.29 is 28.5 Å². The summed E-state index contributed by atoms with van der Waals surface area (Å²) in [5, 5.41) is 12.0. The predicted molar refractivity (Wildman–Crippen MR) is 113 cm³/mol. The fraction of sp³-hybridized carbons (Fsp3) is 0.417. The first-order valence-electron chi connectivity index (χ1n) is 10.5. The number of nitrogens with zero attached hydrogens (tertiary/aromatic N) is 1. The van der Waals surface area contributed by atoms with Crippen molar-refractivity contribution in [2.45, 2.75) is 50.5 Å². The van der Waals surface area contributed by atoms with Crippen molar-refractivity contribution in [1.82, 2.24) is 5.32 Å². The Morgan fingerprint density at radius 2 is 1.81 bits per heavy atom.